The zero-order valence-corrected chi connectivity index (χ0v) is 6.01. The molecule has 0 aliphatic heterocycles. The Labute approximate surface area is 65.9 Å². The van der Waals surface area contributed by atoms with Crippen molar-refractivity contribution in [1.29, 1.82) is 0 Å². The smallest absolute Gasteiger partial charge is 0.336 e. The van der Waals surface area contributed by atoms with Crippen LogP contribution in [0.1, 0.15) is 0 Å². The van der Waals surface area contributed by atoms with Crippen molar-refractivity contribution in [3.63, 3.8) is 0 Å². The minimum atomic E-state index is -0.945. The molecule has 0 fully saturated rings. The van der Waals surface area contributed by atoms with Gasteiger partial charge in [0.05, 0.1) is 0 Å². The number of nitrogens with two attached hydrogens (primary N) is 2. The van der Waals surface area contributed by atoms with Crippen LogP contribution in [0.3, 0.4) is 0 Å². The summed E-state index contributed by atoms with van der Waals surface area (Å²) in [5.74, 6) is 9.21. The maximum Gasteiger partial charge on any atom is 0.436 e. The van der Waals surface area contributed by atoms with Gasteiger partial charge in [-0.05, 0) is 0 Å². The number of hydrogen-bond donors (Lipinski definition) is 4. The van der Waals surface area contributed by atoms with Gasteiger partial charge in [0.25, 0.3) is 0 Å². The zero-order chi connectivity index (χ0) is 8.69. The summed E-state index contributed by atoms with van der Waals surface area (Å²) < 4.78 is 8.13. The highest BCUT2D eigenvalue weighted by Gasteiger charge is 2.03. The summed E-state index contributed by atoms with van der Waals surface area (Å²) in [5.41, 5.74) is 3.26. The Morgan fingerprint density at radius 3 is 1.73 bits per heavy atom. The lowest BCUT2D eigenvalue weighted by Gasteiger charge is -1.99. The first-order valence-electron chi connectivity index (χ1n) is 2.23. The highest BCUT2D eigenvalue weighted by Crippen LogP contribution is 2.03. The molecule has 9 heteroatoms. The SMILES string of the molecule is NNC(=O)OSOC(=O)NN. The van der Waals surface area contributed by atoms with E-state index in [-0.39, 0.29) is 12.3 Å². The third-order valence-corrected chi connectivity index (χ3v) is 0.894. The minimum Gasteiger partial charge on any atom is -0.336 e. The van der Waals surface area contributed by atoms with E-state index in [1.54, 1.807) is 10.9 Å². The van der Waals surface area contributed by atoms with Crippen LogP contribution in [-0.2, 0) is 8.37 Å². The van der Waals surface area contributed by atoms with Gasteiger partial charge in [0.1, 0.15) is 0 Å². The molecular formula is C2H6N4O4S. The quantitative estimate of drug-likeness (QED) is 0.182. The summed E-state index contributed by atoms with van der Waals surface area (Å²) in [6, 6.07) is 0. The number of carbonyl (C=O) groups excluding carboxylic acids is 2. The van der Waals surface area contributed by atoms with Crippen molar-refractivity contribution in [3.05, 3.63) is 0 Å². The van der Waals surface area contributed by atoms with Crippen LogP contribution in [0.25, 0.3) is 0 Å². The van der Waals surface area contributed by atoms with E-state index < -0.39 is 12.2 Å². The molecule has 2 amide bonds. The van der Waals surface area contributed by atoms with Crippen LogP contribution < -0.4 is 22.5 Å². The number of amides is 2. The lowest BCUT2D eigenvalue weighted by molar-refractivity contribution is 0.194. The summed E-state index contributed by atoms with van der Waals surface area (Å²) in [4.78, 5) is 20.3. The van der Waals surface area contributed by atoms with Gasteiger partial charge in [0.15, 0.2) is 0 Å². The number of nitrogens with one attached hydrogen (secondary N) is 2. The number of rotatable bonds is 2. The first-order valence-corrected chi connectivity index (χ1v) is 2.89. The van der Waals surface area contributed by atoms with Crippen LogP contribution in [0, 0.1) is 0 Å². The molecule has 64 valence electrons. The molecular weight excluding hydrogens is 176 g/mol. The summed E-state index contributed by atoms with van der Waals surface area (Å²) in [5, 5.41) is 0. The van der Waals surface area contributed by atoms with E-state index in [1.165, 1.54) is 0 Å². The first kappa shape index (κ1) is 9.81. The van der Waals surface area contributed by atoms with Gasteiger partial charge in [0, 0.05) is 0 Å². The molecule has 0 saturated carbocycles. The summed E-state index contributed by atoms with van der Waals surface area (Å²) >= 11 is 0.135. The van der Waals surface area contributed by atoms with Crippen molar-refractivity contribution in [2.24, 2.45) is 11.7 Å². The molecule has 0 radical (unpaired) electrons. The highest BCUT2D eigenvalue weighted by molar-refractivity contribution is 7.90. The van der Waals surface area contributed by atoms with E-state index in [9.17, 15) is 9.59 Å². The second-order valence-electron chi connectivity index (χ2n) is 1.10. The number of carbonyl (C=O) groups is 2. The van der Waals surface area contributed by atoms with Crippen molar-refractivity contribution < 1.29 is 18.0 Å². The van der Waals surface area contributed by atoms with Gasteiger partial charge in [-0.25, -0.2) is 21.3 Å². The standard InChI is InChI=1S/C2H6N4O4S/c3-5-1(7)9-11-10-2(8)6-4/h3-4H2,(H,5,7)(H,6,8). The largest absolute Gasteiger partial charge is 0.436 e. The van der Waals surface area contributed by atoms with E-state index in [2.05, 4.69) is 20.1 Å². The van der Waals surface area contributed by atoms with Crippen molar-refractivity contribution in [2.75, 3.05) is 0 Å². The average molecular weight is 182 g/mol. The minimum absolute atomic E-state index is 0.135. The molecule has 0 saturated heterocycles. The van der Waals surface area contributed by atoms with Gasteiger partial charge < -0.3 is 8.37 Å². The normalized spacial score (nSPS) is 8.18. The predicted octanol–water partition coefficient (Wildman–Crippen LogP) is -1.25. The fourth-order valence-corrected chi connectivity index (χ4v) is 0.381. The van der Waals surface area contributed by atoms with Gasteiger partial charge in [-0.2, -0.15) is 0 Å². The van der Waals surface area contributed by atoms with Gasteiger partial charge >= 0.3 is 24.5 Å². The van der Waals surface area contributed by atoms with Crippen molar-refractivity contribution in [2.45, 2.75) is 0 Å². The molecule has 6 N–H and O–H groups in total. The maximum atomic E-state index is 10.2. The van der Waals surface area contributed by atoms with Gasteiger partial charge in [-0.15, -0.1) is 0 Å². The van der Waals surface area contributed by atoms with Crippen LogP contribution in [0.15, 0.2) is 0 Å². The third-order valence-electron chi connectivity index (χ3n) is 0.455. The Morgan fingerprint density at radius 1 is 1.09 bits per heavy atom. The molecule has 0 heterocycles. The molecule has 0 bridgehead atoms. The molecule has 8 nitrogen and oxygen atoms in total. The molecule has 0 aliphatic carbocycles. The first-order chi connectivity index (χ1) is 5.20. The molecule has 0 aromatic heterocycles. The Morgan fingerprint density at radius 2 is 1.45 bits per heavy atom. The Bertz CT molecular complexity index is 135. The van der Waals surface area contributed by atoms with Gasteiger partial charge in [-0.1, -0.05) is 0 Å². The predicted molar refractivity (Wildman–Crippen MR) is 35.2 cm³/mol. The number of hydrazine groups is 2. The van der Waals surface area contributed by atoms with E-state index in [0.29, 0.717) is 0 Å². The van der Waals surface area contributed by atoms with Crippen LogP contribution in [0.2, 0.25) is 0 Å². The Kier molecular flexibility index (Phi) is 4.98. The third kappa shape index (κ3) is 5.26. The molecule has 0 rings (SSSR count). The van der Waals surface area contributed by atoms with Gasteiger partial charge in [-0.3, -0.25) is 10.9 Å². The lowest BCUT2D eigenvalue weighted by Crippen LogP contribution is -2.31. The van der Waals surface area contributed by atoms with E-state index in [0.717, 1.165) is 0 Å². The summed E-state index contributed by atoms with van der Waals surface area (Å²) in [7, 11) is 0. The topological polar surface area (TPSA) is 129 Å². The van der Waals surface area contributed by atoms with Crippen LogP contribution in [-0.4, -0.2) is 12.2 Å². The molecule has 0 atom stereocenters. The lowest BCUT2D eigenvalue weighted by atomic mass is 11.3. The van der Waals surface area contributed by atoms with Crippen molar-refractivity contribution in [3.8, 4) is 0 Å². The Hall–Kier alpha value is -1.19. The zero-order valence-electron chi connectivity index (χ0n) is 5.20. The molecule has 11 heavy (non-hydrogen) atoms. The monoisotopic (exact) mass is 182 g/mol. The maximum absolute atomic E-state index is 10.2. The highest BCUT2D eigenvalue weighted by atomic mass is 32.2. The van der Waals surface area contributed by atoms with Crippen LogP contribution in [0.4, 0.5) is 9.59 Å². The second kappa shape index (κ2) is 5.58. The second-order valence-corrected chi connectivity index (χ2v) is 1.57. The molecule has 0 aromatic rings. The van der Waals surface area contributed by atoms with Crippen molar-refractivity contribution >= 4 is 24.5 Å². The Balaban J connectivity index is 3.27. The molecule has 0 spiro atoms. The fourth-order valence-electron chi connectivity index (χ4n) is 0.127. The van der Waals surface area contributed by atoms with E-state index >= 15 is 0 Å². The molecule has 0 aliphatic rings. The van der Waals surface area contributed by atoms with Crippen LogP contribution >= 0.6 is 12.3 Å². The van der Waals surface area contributed by atoms with E-state index in [4.69, 9.17) is 0 Å². The molecule has 0 unspecified atom stereocenters. The number of hydrogen-bond acceptors (Lipinski definition) is 7. The van der Waals surface area contributed by atoms with Gasteiger partial charge in [0.2, 0.25) is 0 Å². The average Bonchev–Trinajstić information content (AvgIpc) is 2.04. The van der Waals surface area contributed by atoms with Crippen molar-refractivity contribution in [1.82, 2.24) is 10.9 Å². The fraction of sp³-hybridized carbons (Fsp3) is 0. The van der Waals surface area contributed by atoms with E-state index in [1.807, 2.05) is 0 Å². The van der Waals surface area contributed by atoms with Crippen LogP contribution in [0.5, 0.6) is 0 Å². The summed E-state index contributed by atoms with van der Waals surface area (Å²) in [6.45, 7) is 0. The molecule has 0 aromatic carbocycles. The summed E-state index contributed by atoms with van der Waals surface area (Å²) in [6.07, 6.45) is -1.89.